The number of benzene rings is 2. The van der Waals surface area contributed by atoms with Crippen molar-refractivity contribution in [3.05, 3.63) is 59.2 Å². The number of ether oxygens (including phenoxy) is 1. The van der Waals surface area contributed by atoms with Crippen LogP contribution in [0, 0.1) is 0 Å². The summed E-state index contributed by atoms with van der Waals surface area (Å²) in [6.45, 7) is 0.572. The van der Waals surface area contributed by atoms with Gasteiger partial charge in [-0.1, -0.05) is 24.3 Å². The first kappa shape index (κ1) is 12.5. The fourth-order valence-electron chi connectivity index (χ4n) is 2.69. The van der Waals surface area contributed by atoms with Crippen molar-refractivity contribution in [1.29, 1.82) is 0 Å². The van der Waals surface area contributed by atoms with Crippen LogP contribution in [-0.2, 0) is 0 Å². The molecule has 0 aliphatic carbocycles. The summed E-state index contributed by atoms with van der Waals surface area (Å²) in [4.78, 5) is 12.0. The van der Waals surface area contributed by atoms with Gasteiger partial charge in [-0.3, -0.25) is 4.79 Å². The van der Waals surface area contributed by atoms with Crippen LogP contribution in [-0.4, -0.2) is 19.6 Å². The largest absolute Gasteiger partial charge is 0.497 e. The predicted octanol–water partition coefficient (Wildman–Crippen LogP) is 2.15. The molecule has 0 aromatic heterocycles. The number of nitrogen functional groups attached to an aromatic ring is 1. The van der Waals surface area contributed by atoms with E-state index in [-0.39, 0.29) is 11.8 Å². The van der Waals surface area contributed by atoms with E-state index in [2.05, 4.69) is 5.32 Å². The number of hydrogen-bond donors (Lipinski definition) is 2. The molecule has 3 N–H and O–H groups in total. The third kappa shape index (κ3) is 1.99. The van der Waals surface area contributed by atoms with Crippen LogP contribution >= 0.6 is 0 Å². The molecule has 0 spiro atoms. The maximum Gasteiger partial charge on any atom is 0.253 e. The SMILES string of the molecule is COc1cccc(C2CNC(=O)c3c(N)cccc32)c1. The molecular formula is C16H16N2O2. The molecule has 4 nitrogen and oxygen atoms in total. The minimum absolute atomic E-state index is 0.0984. The summed E-state index contributed by atoms with van der Waals surface area (Å²) in [5.74, 6) is 0.809. The molecule has 1 aliphatic rings. The van der Waals surface area contributed by atoms with E-state index in [9.17, 15) is 4.79 Å². The van der Waals surface area contributed by atoms with Crippen molar-refractivity contribution < 1.29 is 9.53 Å². The second-order valence-electron chi connectivity index (χ2n) is 4.85. The zero-order valence-electron chi connectivity index (χ0n) is 11.2. The molecule has 0 bridgehead atoms. The molecule has 1 amide bonds. The fraction of sp³-hybridized carbons (Fsp3) is 0.188. The predicted molar refractivity (Wildman–Crippen MR) is 78.0 cm³/mol. The fourth-order valence-corrected chi connectivity index (χ4v) is 2.69. The second kappa shape index (κ2) is 4.89. The van der Waals surface area contributed by atoms with Crippen LogP contribution in [0.15, 0.2) is 42.5 Å². The summed E-state index contributed by atoms with van der Waals surface area (Å²) in [5.41, 5.74) is 9.13. The lowest BCUT2D eigenvalue weighted by molar-refractivity contribution is 0.0944. The van der Waals surface area contributed by atoms with Gasteiger partial charge < -0.3 is 15.8 Å². The van der Waals surface area contributed by atoms with E-state index in [4.69, 9.17) is 10.5 Å². The van der Waals surface area contributed by atoms with Crippen LogP contribution in [0.25, 0.3) is 0 Å². The highest BCUT2D eigenvalue weighted by molar-refractivity contribution is 6.02. The van der Waals surface area contributed by atoms with Crippen LogP contribution in [0.3, 0.4) is 0 Å². The average molecular weight is 268 g/mol. The van der Waals surface area contributed by atoms with Crippen molar-refractivity contribution in [2.24, 2.45) is 0 Å². The third-order valence-corrected chi connectivity index (χ3v) is 3.69. The molecule has 1 aliphatic heterocycles. The minimum atomic E-state index is -0.0998. The van der Waals surface area contributed by atoms with Gasteiger partial charge in [0, 0.05) is 18.2 Å². The van der Waals surface area contributed by atoms with Gasteiger partial charge in [-0.2, -0.15) is 0 Å². The molecule has 1 atom stereocenters. The smallest absolute Gasteiger partial charge is 0.253 e. The Hall–Kier alpha value is -2.49. The Kier molecular flexibility index (Phi) is 3.06. The van der Waals surface area contributed by atoms with Crippen LogP contribution < -0.4 is 15.8 Å². The molecular weight excluding hydrogens is 252 g/mol. The number of carbonyl (C=O) groups excluding carboxylic acids is 1. The first-order valence-electron chi connectivity index (χ1n) is 6.51. The Labute approximate surface area is 117 Å². The molecule has 4 heteroatoms. The van der Waals surface area contributed by atoms with E-state index in [0.29, 0.717) is 17.8 Å². The van der Waals surface area contributed by atoms with Gasteiger partial charge in [-0.25, -0.2) is 0 Å². The van der Waals surface area contributed by atoms with Crippen molar-refractivity contribution in [3.63, 3.8) is 0 Å². The van der Waals surface area contributed by atoms with Crippen molar-refractivity contribution >= 4 is 11.6 Å². The Morgan fingerprint density at radius 3 is 2.85 bits per heavy atom. The first-order chi connectivity index (χ1) is 9.70. The zero-order chi connectivity index (χ0) is 14.1. The normalized spacial score (nSPS) is 17.2. The van der Waals surface area contributed by atoms with Crippen LogP contribution in [0.2, 0.25) is 0 Å². The number of methoxy groups -OCH3 is 1. The number of nitrogens with two attached hydrogens (primary N) is 1. The van der Waals surface area contributed by atoms with Crippen molar-refractivity contribution in [1.82, 2.24) is 5.32 Å². The maximum atomic E-state index is 12.0. The summed E-state index contributed by atoms with van der Waals surface area (Å²) in [5, 5.41) is 2.91. The number of anilines is 1. The lowest BCUT2D eigenvalue weighted by Crippen LogP contribution is -2.36. The van der Waals surface area contributed by atoms with E-state index >= 15 is 0 Å². The summed E-state index contributed by atoms with van der Waals surface area (Å²) in [6.07, 6.45) is 0. The second-order valence-corrected chi connectivity index (χ2v) is 4.85. The molecule has 20 heavy (non-hydrogen) atoms. The molecule has 0 radical (unpaired) electrons. The molecule has 0 saturated carbocycles. The minimum Gasteiger partial charge on any atom is -0.497 e. The Morgan fingerprint density at radius 2 is 2.05 bits per heavy atom. The molecule has 1 unspecified atom stereocenters. The first-order valence-corrected chi connectivity index (χ1v) is 6.51. The van der Waals surface area contributed by atoms with Gasteiger partial charge >= 0.3 is 0 Å². The molecule has 3 rings (SSSR count). The number of rotatable bonds is 2. The van der Waals surface area contributed by atoms with Gasteiger partial charge in [0.25, 0.3) is 5.91 Å². The highest BCUT2D eigenvalue weighted by Gasteiger charge is 2.28. The number of carbonyl (C=O) groups is 1. The zero-order valence-corrected chi connectivity index (χ0v) is 11.2. The Balaban J connectivity index is 2.11. The summed E-state index contributed by atoms with van der Waals surface area (Å²) < 4.78 is 5.27. The monoisotopic (exact) mass is 268 g/mol. The number of fused-ring (bicyclic) bond motifs is 1. The van der Waals surface area contributed by atoms with E-state index < -0.39 is 0 Å². The molecule has 102 valence electrons. The van der Waals surface area contributed by atoms with Crippen molar-refractivity contribution in [2.75, 3.05) is 19.4 Å². The molecule has 2 aromatic rings. The number of amides is 1. The number of nitrogens with one attached hydrogen (secondary N) is 1. The van der Waals surface area contributed by atoms with Gasteiger partial charge in [0.2, 0.25) is 0 Å². The Morgan fingerprint density at radius 1 is 1.25 bits per heavy atom. The third-order valence-electron chi connectivity index (χ3n) is 3.69. The topological polar surface area (TPSA) is 64.3 Å². The van der Waals surface area contributed by atoms with E-state index in [1.54, 1.807) is 13.2 Å². The van der Waals surface area contributed by atoms with Gasteiger partial charge in [0.05, 0.1) is 12.7 Å². The summed E-state index contributed by atoms with van der Waals surface area (Å²) in [7, 11) is 1.65. The molecule has 1 heterocycles. The summed E-state index contributed by atoms with van der Waals surface area (Å²) >= 11 is 0. The highest BCUT2D eigenvalue weighted by atomic mass is 16.5. The lowest BCUT2D eigenvalue weighted by Gasteiger charge is -2.27. The van der Waals surface area contributed by atoms with Crippen LogP contribution in [0.4, 0.5) is 5.69 Å². The standard InChI is InChI=1S/C16H16N2O2/c1-20-11-5-2-4-10(8-11)13-9-18-16(19)15-12(13)6-3-7-14(15)17/h2-8,13H,9,17H2,1H3,(H,18,19). The van der Waals surface area contributed by atoms with Gasteiger partial charge in [0.1, 0.15) is 5.75 Å². The molecule has 2 aromatic carbocycles. The van der Waals surface area contributed by atoms with Crippen molar-refractivity contribution in [3.8, 4) is 5.75 Å². The van der Waals surface area contributed by atoms with E-state index in [0.717, 1.165) is 16.9 Å². The van der Waals surface area contributed by atoms with Crippen LogP contribution in [0.5, 0.6) is 5.75 Å². The van der Waals surface area contributed by atoms with Crippen LogP contribution in [0.1, 0.15) is 27.4 Å². The molecule has 0 fully saturated rings. The van der Waals surface area contributed by atoms with Crippen molar-refractivity contribution in [2.45, 2.75) is 5.92 Å². The highest BCUT2D eigenvalue weighted by Crippen LogP contribution is 2.33. The van der Waals surface area contributed by atoms with E-state index in [1.165, 1.54) is 0 Å². The Bertz CT molecular complexity index is 667. The van der Waals surface area contributed by atoms with Gasteiger partial charge in [-0.05, 0) is 29.3 Å². The van der Waals surface area contributed by atoms with Gasteiger partial charge in [0.15, 0.2) is 0 Å². The summed E-state index contributed by atoms with van der Waals surface area (Å²) in [6, 6.07) is 13.5. The quantitative estimate of drug-likeness (QED) is 0.820. The maximum absolute atomic E-state index is 12.0. The average Bonchev–Trinajstić information content (AvgIpc) is 2.48. The molecule has 0 saturated heterocycles. The lowest BCUT2D eigenvalue weighted by atomic mass is 9.84. The van der Waals surface area contributed by atoms with Gasteiger partial charge in [-0.15, -0.1) is 0 Å². The van der Waals surface area contributed by atoms with E-state index in [1.807, 2.05) is 36.4 Å². The number of hydrogen-bond acceptors (Lipinski definition) is 3.